The van der Waals surface area contributed by atoms with Gasteiger partial charge >= 0.3 is 6.09 Å². The van der Waals surface area contributed by atoms with Gasteiger partial charge in [0.1, 0.15) is 5.75 Å². The van der Waals surface area contributed by atoms with Crippen molar-refractivity contribution in [2.45, 2.75) is 57.9 Å². The molecule has 0 unspecified atom stereocenters. The third-order valence-corrected chi connectivity index (χ3v) is 5.10. The minimum absolute atomic E-state index is 0.395. The first kappa shape index (κ1) is 20.6. The summed E-state index contributed by atoms with van der Waals surface area (Å²) in [5.41, 5.74) is 0.702. The number of anilines is 1. The molecule has 0 radical (unpaired) electrons. The van der Waals surface area contributed by atoms with Crippen LogP contribution in [0.5, 0.6) is 5.75 Å². The van der Waals surface area contributed by atoms with E-state index in [1.165, 1.54) is 25.7 Å². The Kier molecular flexibility index (Phi) is 8.75. The number of rotatable bonds is 9. The number of carbonyl (C=O) groups is 1. The average molecular weight is 363 g/mol. The molecule has 0 heterocycles. The number of benzene rings is 1. The van der Waals surface area contributed by atoms with Crippen LogP contribution in [0.1, 0.15) is 51.9 Å². The van der Waals surface area contributed by atoms with Gasteiger partial charge in [-0.05, 0) is 57.8 Å². The topological polar surface area (TPSA) is 50.8 Å². The molecule has 26 heavy (non-hydrogen) atoms. The number of amides is 1. The van der Waals surface area contributed by atoms with Gasteiger partial charge in [0.05, 0.1) is 13.2 Å². The quantitative estimate of drug-likeness (QED) is 0.633. The maximum atomic E-state index is 12.1. The normalized spacial score (nSPS) is 20.0. The highest BCUT2D eigenvalue weighted by Crippen LogP contribution is 2.29. The summed E-state index contributed by atoms with van der Waals surface area (Å²) in [5, 5.41) is 2.79. The van der Waals surface area contributed by atoms with Crippen LogP contribution in [0, 0.1) is 5.92 Å². The zero-order valence-corrected chi connectivity index (χ0v) is 16.5. The first-order valence-electron chi connectivity index (χ1n) is 9.93. The summed E-state index contributed by atoms with van der Waals surface area (Å²) >= 11 is 0. The smallest absolute Gasteiger partial charge is 0.411 e. The van der Waals surface area contributed by atoms with Crippen molar-refractivity contribution in [1.82, 2.24) is 4.90 Å². The summed E-state index contributed by atoms with van der Waals surface area (Å²) in [5.74, 6) is 1.38. The first-order valence-corrected chi connectivity index (χ1v) is 9.93. The summed E-state index contributed by atoms with van der Waals surface area (Å²) in [6, 6.07) is 8.06. The Labute approximate surface area is 158 Å². The van der Waals surface area contributed by atoms with Crippen LogP contribution in [0.25, 0.3) is 0 Å². The van der Waals surface area contributed by atoms with Crippen LogP contribution in [-0.2, 0) is 4.74 Å². The van der Waals surface area contributed by atoms with E-state index in [0.717, 1.165) is 25.0 Å². The molecule has 1 aromatic carbocycles. The fourth-order valence-electron chi connectivity index (χ4n) is 3.66. The van der Waals surface area contributed by atoms with Crippen LogP contribution in [0.4, 0.5) is 10.5 Å². The van der Waals surface area contributed by atoms with E-state index < -0.39 is 6.09 Å². The minimum atomic E-state index is -0.395. The van der Waals surface area contributed by atoms with Gasteiger partial charge in [-0.15, -0.1) is 0 Å². The van der Waals surface area contributed by atoms with E-state index in [9.17, 15) is 4.79 Å². The molecule has 1 N–H and O–H groups in total. The number of ether oxygens (including phenoxy) is 2. The second-order valence-electron chi connectivity index (χ2n) is 7.35. The average Bonchev–Trinajstić information content (AvgIpc) is 2.62. The largest absolute Gasteiger partial charge is 0.494 e. The predicted octanol–water partition coefficient (Wildman–Crippen LogP) is 4.92. The molecular formula is C21H34N2O3. The lowest BCUT2D eigenvalue weighted by Crippen LogP contribution is -2.38. The lowest BCUT2D eigenvalue weighted by molar-refractivity contribution is 0.112. The van der Waals surface area contributed by atoms with Crippen molar-refractivity contribution in [1.29, 1.82) is 0 Å². The molecule has 1 aliphatic carbocycles. The highest BCUT2D eigenvalue weighted by atomic mass is 16.5. The van der Waals surface area contributed by atoms with Crippen LogP contribution in [0.2, 0.25) is 0 Å². The van der Waals surface area contributed by atoms with E-state index in [1.807, 2.05) is 24.3 Å². The van der Waals surface area contributed by atoms with Gasteiger partial charge in [-0.2, -0.15) is 0 Å². The Morgan fingerprint density at radius 2 is 2.04 bits per heavy atom. The van der Waals surface area contributed by atoms with Crippen molar-refractivity contribution in [3.63, 3.8) is 0 Å². The standard InChI is InChI=1S/C21H34N2O3/c1-4-5-14-25-19-11-8-10-18(16-19)22-21(24)26-15-13-17-9-6-7-12-20(17)23(2)3/h8,10-11,16-17,20H,4-7,9,12-15H2,1-3H3,(H,22,24)/t17-,20+/m0/s1. The molecule has 1 saturated carbocycles. The van der Waals surface area contributed by atoms with Crippen molar-refractivity contribution in [2.24, 2.45) is 5.92 Å². The summed E-state index contributed by atoms with van der Waals surface area (Å²) in [6.45, 7) is 3.29. The van der Waals surface area contributed by atoms with Crippen LogP contribution in [-0.4, -0.2) is 44.3 Å². The van der Waals surface area contributed by atoms with Crippen LogP contribution < -0.4 is 10.1 Å². The Morgan fingerprint density at radius 3 is 2.81 bits per heavy atom. The molecular weight excluding hydrogens is 328 g/mol. The highest BCUT2D eigenvalue weighted by molar-refractivity contribution is 5.84. The molecule has 1 amide bonds. The van der Waals surface area contributed by atoms with Gasteiger partial charge in [-0.1, -0.05) is 32.3 Å². The zero-order valence-electron chi connectivity index (χ0n) is 16.5. The van der Waals surface area contributed by atoms with E-state index in [4.69, 9.17) is 9.47 Å². The van der Waals surface area contributed by atoms with Crippen molar-refractivity contribution < 1.29 is 14.3 Å². The summed E-state index contributed by atoms with van der Waals surface area (Å²) in [6.07, 6.45) is 7.71. The maximum Gasteiger partial charge on any atom is 0.411 e. The molecule has 0 aromatic heterocycles. The summed E-state index contributed by atoms with van der Waals surface area (Å²) < 4.78 is 11.1. The van der Waals surface area contributed by atoms with Crippen molar-refractivity contribution in [3.8, 4) is 5.75 Å². The molecule has 5 nitrogen and oxygen atoms in total. The SMILES string of the molecule is CCCCOc1cccc(NC(=O)OCC[C@@H]2CCCC[C@H]2N(C)C)c1. The van der Waals surface area contributed by atoms with Crippen molar-refractivity contribution in [2.75, 3.05) is 32.6 Å². The molecule has 0 aliphatic heterocycles. The second-order valence-corrected chi connectivity index (χ2v) is 7.35. The number of nitrogens with zero attached hydrogens (tertiary/aromatic N) is 1. The van der Waals surface area contributed by atoms with E-state index in [2.05, 4.69) is 31.2 Å². The van der Waals surface area contributed by atoms with Gasteiger partial charge < -0.3 is 14.4 Å². The molecule has 2 atom stereocenters. The molecule has 1 aliphatic rings. The summed E-state index contributed by atoms with van der Waals surface area (Å²) in [4.78, 5) is 14.4. The van der Waals surface area contributed by atoms with Gasteiger partial charge in [0.25, 0.3) is 0 Å². The van der Waals surface area contributed by atoms with E-state index in [0.29, 0.717) is 30.9 Å². The Morgan fingerprint density at radius 1 is 1.23 bits per heavy atom. The molecule has 2 rings (SSSR count). The van der Waals surface area contributed by atoms with Gasteiger partial charge in [0.15, 0.2) is 0 Å². The molecule has 5 heteroatoms. The maximum absolute atomic E-state index is 12.1. The van der Waals surface area contributed by atoms with Gasteiger partial charge in [-0.3, -0.25) is 5.32 Å². The Hall–Kier alpha value is -1.75. The third kappa shape index (κ3) is 6.87. The Bertz CT molecular complexity index is 548. The number of hydrogen-bond acceptors (Lipinski definition) is 4. The molecule has 0 bridgehead atoms. The lowest BCUT2D eigenvalue weighted by atomic mass is 9.82. The van der Waals surface area contributed by atoms with E-state index in [-0.39, 0.29) is 0 Å². The highest BCUT2D eigenvalue weighted by Gasteiger charge is 2.26. The van der Waals surface area contributed by atoms with Gasteiger partial charge in [0, 0.05) is 17.8 Å². The van der Waals surface area contributed by atoms with Crippen LogP contribution >= 0.6 is 0 Å². The number of carbonyl (C=O) groups excluding carboxylic acids is 1. The van der Waals surface area contributed by atoms with Crippen LogP contribution in [0.15, 0.2) is 24.3 Å². The molecule has 0 spiro atoms. The third-order valence-electron chi connectivity index (χ3n) is 5.10. The fraction of sp³-hybridized carbons (Fsp3) is 0.667. The van der Waals surface area contributed by atoms with Crippen LogP contribution in [0.3, 0.4) is 0 Å². The monoisotopic (exact) mass is 362 g/mol. The first-order chi connectivity index (χ1) is 12.6. The fourth-order valence-corrected chi connectivity index (χ4v) is 3.66. The number of unbranched alkanes of at least 4 members (excludes halogenated alkanes) is 1. The van der Waals surface area contributed by atoms with Gasteiger partial charge in [-0.25, -0.2) is 4.79 Å². The van der Waals surface area contributed by atoms with E-state index >= 15 is 0 Å². The molecule has 0 saturated heterocycles. The number of nitrogens with one attached hydrogen (secondary N) is 1. The van der Waals surface area contributed by atoms with Gasteiger partial charge in [0.2, 0.25) is 0 Å². The lowest BCUT2D eigenvalue weighted by Gasteiger charge is -2.36. The molecule has 1 fully saturated rings. The second kappa shape index (κ2) is 11.1. The van der Waals surface area contributed by atoms with Crippen molar-refractivity contribution in [3.05, 3.63) is 24.3 Å². The Balaban J connectivity index is 1.73. The summed E-state index contributed by atoms with van der Waals surface area (Å²) in [7, 11) is 4.29. The zero-order chi connectivity index (χ0) is 18.8. The predicted molar refractivity (Wildman–Crippen MR) is 106 cm³/mol. The number of hydrogen-bond donors (Lipinski definition) is 1. The van der Waals surface area contributed by atoms with Crippen molar-refractivity contribution >= 4 is 11.8 Å². The molecule has 1 aromatic rings. The molecule has 146 valence electrons. The minimum Gasteiger partial charge on any atom is -0.494 e. The van der Waals surface area contributed by atoms with E-state index in [1.54, 1.807) is 0 Å².